The summed E-state index contributed by atoms with van der Waals surface area (Å²) in [5, 5.41) is 2.76. The molecule has 7 heteroatoms. The predicted molar refractivity (Wildman–Crippen MR) is 95.6 cm³/mol. The Bertz CT molecular complexity index is 942. The molecule has 7 nitrogen and oxygen atoms in total. The number of imidazole rings is 1. The molecule has 1 aromatic carbocycles. The van der Waals surface area contributed by atoms with E-state index in [9.17, 15) is 9.59 Å². The number of aryl methyl sites for hydroxylation is 1. The predicted octanol–water partition coefficient (Wildman–Crippen LogP) is 2.06. The van der Waals surface area contributed by atoms with Crippen LogP contribution >= 0.6 is 0 Å². The number of benzene rings is 1. The van der Waals surface area contributed by atoms with Gasteiger partial charge in [-0.25, -0.2) is 9.97 Å². The standard InChI is InChI=1S/C18H21N5O2/c1-12(2)16-19-9-11-23(16)10-5-8-20-17(24)15-18(25)22-14-7-4-3-6-13(14)21-15/h3-4,6-7,9,11-12H,5,8,10H2,1-2H3,(H,20,24)(H,22,25). The van der Waals surface area contributed by atoms with Crippen molar-refractivity contribution in [3.8, 4) is 0 Å². The summed E-state index contributed by atoms with van der Waals surface area (Å²) in [7, 11) is 0. The van der Waals surface area contributed by atoms with Gasteiger partial charge in [0, 0.05) is 31.4 Å². The van der Waals surface area contributed by atoms with Crippen LogP contribution in [0.25, 0.3) is 11.0 Å². The molecule has 2 N–H and O–H groups in total. The molecule has 0 unspecified atom stereocenters. The highest BCUT2D eigenvalue weighted by Crippen LogP contribution is 2.11. The fourth-order valence-corrected chi connectivity index (χ4v) is 2.73. The van der Waals surface area contributed by atoms with Crippen LogP contribution in [0.3, 0.4) is 0 Å². The highest BCUT2D eigenvalue weighted by molar-refractivity contribution is 5.93. The molecule has 0 aliphatic rings. The first-order chi connectivity index (χ1) is 12.1. The average molecular weight is 339 g/mol. The van der Waals surface area contributed by atoms with Crippen LogP contribution in [-0.2, 0) is 6.54 Å². The topological polar surface area (TPSA) is 92.7 Å². The number of fused-ring (bicyclic) bond motifs is 1. The number of nitrogens with zero attached hydrogens (tertiary/aromatic N) is 3. The number of carbonyl (C=O) groups is 1. The Balaban J connectivity index is 1.60. The Labute approximate surface area is 145 Å². The summed E-state index contributed by atoms with van der Waals surface area (Å²) < 4.78 is 2.08. The number of aromatic amines is 1. The third kappa shape index (κ3) is 3.76. The third-order valence-electron chi connectivity index (χ3n) is 3.94. The molecule has 0 fully saturated rings. The largest absolute Gasteiger partial charge is 0.350 e. The van der Waals surface area contributed by atoms with Crippen molar-refractivity contribution in [2.75, 3.05) is 6.54 Å². The molecule has 0 radical (unpaired) electrons. The minimum Gasteiger partial charge on any atom is -0.350 e. The summed E-state index contributed by atoms with van der Waals surface area (Å²) in [5.41, 5.74) is 0.620. The van der Waals surface area contributed by atoms with E-state index in [1.807, 2.05) is 12.3 Å². The Morgan fingerprint density at radius 1 is 1.32 bits per heavy atom. The van der Waals surface area contributed by atoms with Crippen molar-refractivity contribution in [2.45, 2.75) is 32.7 Å². The van der Waals surface area contributed by atoms with E-state index in [1.165, 1.54) is 0 Å². The van der Waals surface area contributed by atoms with Gasteiger partial charge in [0.15, 0.2) is 5.69 Å². The van der Waals surface area contributed by atoms with Gasteiger partial charge in [-0.05, 0) is 18.6 Å². The van der Waals surface area contributed by atoms with Crippen molar-refractivity contribution in [1.29, 1.82) is 0 Å². The van der Waals surface area contributed by atoms with Crippen LogP contribution in [0.4, 0.5) is 0 Å². The molecule has 25 heavy (non-hydrogen) atoms. The average Bonchev–Trinajstić information content (AvgIpc) is 3.06. The lowest BCUT2D eigenvalue weighted by Gasteiger charge is -2.10. The normalized spacial score (nSPS) is 11.2. The number of carbonyl (C=O) groups excluding carboxylic acids is 1. The van der Waals surface area contributed by atoms with Gasteiger partial charge in [-0.1, -0.05) is 26.0 Å². The Hall–Kier alpha value is -2.96. The Morgan fingerprint density at radius 3 is 2.92 bits per heavy atom. The zero-order valence-corrected chi connectivity index (χ0v) is 14.3. The van der Waals surface area contributed by atoms with Gasteiger partial charge in [-0.2, -0.15) is 0 Å². The van der Waals surface area contributed by atoms with Crippen LogP contribution in [0, 0.1) is 0 Å². The maximum atomic E-state index is 12.2. The van der Waals surface area contributed by atoms with E-state index in [0.29, 0.717) is 23.5 Å². The van der Waals surface area contributed by atoms with Crippen molar-refractivity contribution < 1.29 is 4.79 Å². The molecule has 0 atom stereocenters. The lowest BCUT2D eigenvalue weighted by atomic mass is 10.2. The fraction of sp³-hybridized carbons (Fsp3) is 0.333. The number of hydrogen-bond donors (Lipinski definition) is 2. The van der Waals surface area contributed by atoms with Gasteiger partial charge in [-0.15, -0.1) is 0 Å². The SMILES string of the molecule is CC(C)c1nccn1CCCNC(=O)c1nc2ccccc2[nH]c1=O. The van der Waals surface area contributed by atoms with Gasteiger partial charge >= 0.3 is 0 Å². The molecular weight excluding hydrogens is 318 g/mol. The molecule has 0 bridgehead atoms. The first kappa shape index (κ1) is 16.9. The lowest BCUT2D eigenvalue weighted by Crippen LogP contribution is -2.32. The highest BCUT2D eigenvalue weighted by Gasteiger charge is 2.13. The number of amides is 1. The summed E-state index contributed by atoms with van der Waals surface area (Å²) in [6, 6.07) is 7.13. The highest BCUT2D eigenvalue weighted by atomic mass is 16.2. The summed E-state index contributed by atoms with van der Waals surface area (Å²) >= 11 is 0. The van der Waals surface area contributed by atoms with Gasteiger partial charge in [-0.3, -0.25) is 9.59 Å². The quantitative estimate of drug-likeness (QED) is 0.672. The van der Waals surface area contributed by atoms with Crippen LogP contribution < -0.4 is 10.9 Å². The molecule has 0 spiro atoms. The van der Waals surface area contributed by atoms with E-state index in [4.69, 9.17) is 0 Å². The van der Waals surface area contributed by atoms with Crippen LogP contribution in [0.5, 0.6) is 0 Å². The molecule has 0 saturated heterocycles. The molecule has 2 aromatic heterocycles. The van der Waals surface area contributed by atoms with Crippen molar-refractivity contribution in [2.24, 2.45) is 0 Å². The number of para-hydroxylation sites is 2. The fourth-order valence-electron chi connectivity index (χ4n) is 2.73. The van der Waals surface area contributed by atoms with E-state index >= 15 is 0 Å². The molecular formula is C18H21N5O2. The van der Waals surface area contributed by atoms with E-state index in [-0.39, 0.29) is 5.69 Å². The number of rotatable bonds is 6. The van der Waals surface area contributed by atoms with Crippen LogP contribution in [0.15, 0.2) is 41.5 Å². The minimum absolute atomic E-state index is 0.107. The van der Waals surface area contributed by atoms with Crippen LogP contribution in [-0.4, -0.2) is 32.0 Å². The second kappa shape index (κ2) is 7.29. The molecule has 2 heterocycles. The van der Waals surface area contributed by atoms with Gasteiger partial charge in [0.2, 0.25) is 0 Å². The Kier molecular flexibility index (Phi) is 4.92. The van der Waals surface area contributed by atoms with Crippen LogP contribution in [0.2, 0.25) is 0 Å². The Morgan fingerprint density at radius 2 is 2.12 bits per heavy atom. The third-order valence-corrected chi connectivity index (χ3v) is 3.94. The molecule has 0 aliphatic heterocycles. The second-order valence-electron chi connectivity index (χ2n) is 6.17. The molecule has 3 rings (SSSR count). The number of nitrogens with one attached hydrogen (secondary N) is 2. The first-order valence-electron chi connectivity index (χ1n) is 8.34. The maximum absolute atomic E-state index is 12.2. The molecule has 0 saturated carbocycles. The number of hydrogen-bond acceptors (Lipinski definition) is 4. The van der Waals surface area contributed by atoms with Crippen molar-refractivity contribution in [1.82, 2.24) is 24.8 Å². The second-order valence-corrected chi connectivity index (χ2v) is 6.17. The van der Waals surface area contributed by atoms with Gasteiger partial charge in [0.05, 0.1) is 11.0 Å². The maximum Gasteiger partial charge on any atom is 0.280 e. The number of aromatic nitrogens is 4. The van der Waals surface area contributed by atoms with E-state index in [2.05, 4.69) is 38.7 Å². The summed E-state index contributed by atoms with van der Waals surface area (Å²) in [5.74, 6) is 0.922. The van der Waals surface area contributed by atoms with E-state index < -0.39 is 11.5 Å². The smallest absolute Gasteiger partial charge is 0.280 e. The molecule has 0 aliphatic carbocycles. The molecule has 130 valence electrons. The van der Waals surface area contributed by atoms with Crippen molar-refractivity contribution in [3.05, 3.63) is 58.5 Å². The zero-order chi connectivity index (χ0) is 17.8. The van der Waals surface area contributed by atoms with Gasteiger partial charge < -0.3 is 14.9 Å². The monoisotopic (exact) mass is 339 g/mol. The van der Waals surface area contributed by atoms with E-state index in [0.717, 1.165) is 18.8 Å². The van der Waals surface area contributed by atoms with Crippen LogP contribution in [0.1, 0.15) is 42.5 Å². The first-order valence-corrected chi connectivity index (χ1v) is 8.34. The molecule has 3 aromatic rings. The zero-order valence-electron chi connectivity index (χ0n) is 14.3. The summed E-state index contributed by atoms with van der Waals surface area (Å²) in [4.78, 5) is 35.4. The summed E-state index contributed by atoms with van der Waals surface area (Å²) in [6.07, 6.45) is 4.46. The lowest BCUT2D eigenvalue weighted by molar-refractivity contribution is 0.0946. The van der Waals surface area contributed by atoms with Gasteiger partial charge in [0.25, 0.3) is 11.5 Å². The molecule has 1 amide bonds. The van der Waals surface area contributed by atoms with Crippen molar-refractivity contribution >= 4 is 16.9 Å². The summed E-state index contributed by atoms with van der Waals surface area (Å²) in [6.45, 7) is 5.41. The van der Waals surface area contributed by atoms with Crippen molar-refractivity contribution in [3.63, 3.8) is 0 Å². The van der Waals surface area contributed by atoms with Gasteiger partial charge in [0.1, 0.15) is 5.82 Å². The van der Waals surface area contributed by atoms with E-state index in [1.54, 1.807) is 24.4 Å². The minimum atomic E-state index is -0.479. The number of H-pyrrole nitrogens is 1.